The molecule has 1 unspecified atom stereocenters. The fraction of sp³-hybridized carbons (Fsp3) is 0.917. The molecule has 1 N–H and O–H groups in total. The number of ether oxygens (including phenoxy) is 1. The maximum absolute atomic E-state index is 11.2. The van der Waals surface area contributed by atoms with Gasteiger partial charge in [-0.3, -0.25) is 4.79 Å². The van der Waals surface area contributed by atoms with Gasteiger partial charge in [0.1, 0.15) is 0 Å². The standard InChI is InChI=1S/C12H25NO2/c1-5-11(4)13-9-12(14)15-8-6-7-10(2)3/h10-11,13H,5-9H2,1-4H3. The summed E-state index contributed by atoms with van der Waals surface area (Å²) in [5.74, 6) is 0.543. The molecule has 0 bridgehead atoms. The first-order valence-corrected chi connectivity index (χ1v) is 5.95. The van der Waals surface area contributed by atoms with Gasteiger partial charge in [0.25, 0.3) is 0 Å². The van der Waals surface area contributed by atoms with E-state index in [0.29, 0.717) is 25.1 Å². The summed E-state index contributed by atoms with van der Waals surface area (Å²) in [6.45, 7) is 9.38. The summed E-state index contributed by atoms with van der Waals surface area (Å²) < 4.78 is 5.09. The number of carbonyl (C=O) groups is 1. The van der Waals surface area contributed by atoms with E-state index in [4.69, 9.17) is 4.74 Å². The van der Waals surface area contributed by atoms with Gasteiger partial charge >= 0.3 is 5.97 Å². The van der Waals surface area contributed by atoms with E-state index in [0.717, 1.165) is 19.3 Å². The van der Waals surface area contributed by atoms with Crippen molar-refractivity contribution in [3.63, 3.8) is 0 Å². The minimum atomic E-state index is -0.140. The van der Waals surface area contributed by atoms with Gasteiger partial charge in [-0.05, 0) is 32.1 Å². The highest BCUT2D eigenvalue weighted by Crippen LogP contribution is 2.02. The van der Waals surface area contributed by atoms with Gasteiger partial charge in [0.2, 0.25) is 0 Å². The second-order valence-electron chi connectivity index (χ2n) is 4.45. The Morgan fingerprint density at radius 2 is 2.00 bits per heavy atom. The molecule has 0 aromatic rings. The maximum Gasteiger partial charge on any atom is 0.319 e. The average Bonchev–Trinajstić information content (AvgIpc) is 2.20. The number of esters is 1. The Bertz CT molecular complexity index is 169. The highest BCUT2D eigenvalue weighted by molar-refractivity contribution is 5.71. The molecule has 0 aromatic heterocycles. The molecule has 0 radical (unpaired) electrons. The predicted molar refractivity (Wildman–Crippen MR) is 62.8 cm³/mol. The zero-order valence-corrected chi connectivity index (χ0v) is 10.5. The minimum absolute atomic E-state index is 0.140. The van der Waals surface area contributed by atoms with Crippen LogP contribution in [0.2, 0.25) is 0 Å². The van der Waals surface area contributed by atoms with Crippen LogP contribution in [0.15, 0.2) is 0 Å². The van der Waals surface area contributed by atoms with Crippen LogP contribution in [0.4, 0.5) is 0 Å². The molecule has 90 valence electrons. The number of carbonyl (C=O) groups excluding carboxylic acids is 1. The molecule has 0 saturated carbocycles. The van der Waals surface area contributed by atoms with Crippen molar-refractivity contribution in [2.24, 2.45) is 5.92 Å². The van der Waals surface area contributed by atoms with Gasteiger partial charge < -0.3 is 10.1 Å². The second-order valence-corrected chi connectivity index (χ2v) is 4.45. The Balaban J connectivity index is 3.34. The summed E-state index contributed by atoms with van der Waals surface area (Å²) in [7, 11) is 0. The van der Waals surface area contributed by atoms with Gasteiger partial charge in [0.15, 0.2) is 0 Å². The predicted octanol–water partition coefficient (Wildman–Crippen LogP) is 2.35. The smallest absolute Gasteiger partial charge is 0.319 e. The molecule has 0 aromatic carbocycles. The lowest BCUT2D eigenvalue weighted by Gasteiger charge is -2.11. The molecule has 0 heterocycles. The molecule has 0 fully saturated rings. The van der Waals surface area contributed by atoms with Crippen molar-refractivity contribution in [1.82, 2.24) is 5.32 Å². The summed E-state index contributed by atoms with van der Waals surface area (Å²) in [5, 5.41) is 3.11. The number of nitrogens with one attached hydrogen (secondary N) is 1. The van der Waals surface area contributed by atoms with E-state index in [1.165, 1.54) is 0 Å². The number of hydrogen-bond acceptors (Lipinski definition) is 3. The van der Waals surface area contributed by atoms with Crippen molar-refractivity contribution in [3.8, 4) is 0 Å². The molecule has 0 aliphatic carbocycles. The quantitative estimate of drug-likeness (QED) is 0.499. The monoisotopic (exact) mass is 215 g/mol. The summed E-state index contributed by atoms with van der Waals surface area (Å²) >= 11 is 0. The Hall–Kier alpha value is -0.570. The van der Waals surface area contributed by atoms with Crippen LogP contribution >= 0.6 is 0 Å². The van der Waals surface area contributed by atoms with E-state index in [-0.39, 0.29) is 5.97 Å². The molecular weight excluding hydrogens is 190 g/mol. The highest BCUT2D eigenvalue weighted by atomic mass is 16.5. The number of rotatable bonds is 8. The third-order valence-electron chi connectivity index (χ3n) is 2.40. The topological polar surface area (TPSA) is 38.3 Å². The van der Waals surface area contributed by atoms with Gasteiger partial charge in [-0.2, -0.15) is 0 Å². The lowest BCUT2D eigenvalue weighted by Crippen LogP contribution is -2.32. The number of hydrogen-bond donors (Lipinski definition) is 1. The average molecular weight is 215 g/mol. The van der Waals surface area contributed by atoms with Crippen LogP contribution in [0.5, 0.6) is 0 Å². The van der Waals surface area contributed by atoms with Gasteiger partial charge in [0, 0.05) is 6.04 Å². The van der Waals surface area contributed by atoms with Crippen LogP contribution in [0.1, 0.15) is 47.0 Å². The zero-order valence-electron chi connectivity index (χ0n) is 10.5. The van der Waals surface area contributed by atoms with Crippen LogP contribution < -0.4 is 5.32 Å². The largest absolute Gasteiger partial charge is 0.465 e. The van der Waals surface area contributed by atoms with E-state index in [1.54, 1.807) is 0 Å². The van der Waals surface area contributed by atoms with E-state index < -0.39 is 0 Å². The molecule has 15 heavy (non-hydrogen) atoms. The summed E-state index contributed by atoms with van der Waals surface area (Å²) in [6, 6.07) is 0.383. The van der Waals surface area contributed by atoms with Gasteiger partial charge in [0.05, 0.1) is 13.2 Å². The van der Waals surface area contributed by atoms with E-state index in [9.17, 15) is 4.79 Å². The van der Waals surface area contributed by atoms with Crippen molar-refractivity contribution < 1.29 is 9.53 Å². The third-order valence-corrected chi connectivity index (χ3v) is 2.40. The van der Waals surface area contributed by atoms with E-state index in [1.807, 2.05) is 0 Å². The van der Waals surface area contributed by atoms with Crippen molar-refractivity contribution in [3.05, 3.63) is 0 Å². The minimum Gasteiger partial charge on any atom is -0.465 e. The molecule has 3 heteroatoms. The van der Waals surface area contributed by atoms with E-state index >= 15 is 0 Å². The van der Waals surface area contributed by atoms with Crippen molar-refractivity contribution in [2.75, 3.05) is 13.2 Å². The summed E-state index contributed by atoms with van der Waals surface area (Å²) in [4.78, 5) is 11.2. The molecule has 3 nitrogen and oxygen atoms in total. The summed E-state index contributed by atoms with van der Waals surface area (Å²) in [6.07, 6.45) is 3.11. The molecule has 0 rings (SSSR count). The normalized spacial score (nSPS) is 12.9. The molecule has 0 spiro atoms. The lowest BCUT2D eigenvalue weighted by atomic mass is 10.1. The SMILES string of the molecule is CCC(C)NCC(=O)OCCCC(C)C. The Morgan fingerprint density at radius 3 is 2.53 bits per heavy atom. The Kier molecular flexibility index (Phi) is 8.38. The third kappa shape index (κ3) is 9.73. The zero-order chi connectivity index (χ0) is 11.7. The Labute approximate surface area is 93.6 Å². The first-order chi connectivity index (χ1) is 7.06. The van der Waals surface area contributed by atoms with Gasteiger partial charge in [-0.25, -0.2) is 0 Å². The van der Waals surface area contributed by atoms with Crippen LogP contribution in [0, 0.1) is 5.92 Å². The van der Waals surface area contributed by atoms with Gasteiger partial charge in [-0.15, -0.1) is 0 Å². The van der Waals surface area contributed by atoms with Crippen molar-refractivity contribution in [1.29, 1.82) is 0 Å². The highest BCUT2D eigenvalue weighted by Gasteiger charge is 2.04. The molecule has 0 saturated heterocycles. The first kappa shape index (κ1) is 14.4. The first-order valence-electron chi connectivity index (χ1n) is 5.95. The fourth-order valence-corrected chi connectivity index (χ4v) is 1.13. The van der Waals surface area contributed by atoms with Crippen LogP contribution in [0.25, 0.3) is 0 Å². The summed E-state index contributed by atoms with van der Waals surface area (Å²) in [5.41, 5.74) is 0. The maximum atomic E-state index is 11.2. The molecule has 0 aliphatic heterocycles. The van der Waals surface area contributed by atoms with Crippen molar-refractivity contribution >= 4 is 5.97 Å². The van der Waals surface area contributed by atoms with E-state index in [2.05, 4.69) is 33.0 Å². The lowest BCUT2D eigenvalue weighted by molar-refractivity contribution is -0.142. The van der Waals surface area contributed by atoms with Gasteiger partial charge in [-0.1, -0.05) is 20.8 Å². The fourth-order valence-electron chi connectivity index (χ4n) is 1.13. The molecule has 0 amide bonds. The molecular formula is C12H25NO2. The van der Waals surface area contributed by atoms with Crippen LogP contribution in [-0.2, 0) is 9.53 Å². The second kappa shape index (κ2) is 8.72. The van der Waals surface area contributed by atoms with Crippen LogP contribution in [-0.4, -0.2) is 25.2 Å². The van der Waals surface area contributed by atoms with Crippen molar-refractivity contribution in [2.45, 2.75) is 53.0 Å². The molecule has 1 atom stereocenters. The molecule has 0 aliphatic rings. The Morgan fingerprint density at radius 1 is 1.33 bits per heavy atom. The van der Waals surface area contributed by atoms with Crippen LogP contribution in [0.3, 0.4) is 0 Å².